The van der Waals surface area contributed by atoms with Gasteiger partial charge in [-0.15, -0.1) is 0 Å². The van der Waals surface area contributed by atoms with E-state index in [4.69, 9.17) is 14.2 Å². The molecule has 0 aromatic heterocycles. The molecule has 8 heteroatoms. The van der Waals surface area contributed by atoms with Crippen molar-refractivity contribution in [2.45, 2.75) is 19.5 Å². The van der Waals surface area contributed by atoms with Crippen LogP contribution in [0, 0.1) is 0 Å². The molecule has 1 saturated heterocycles. The molecule has 2 amide bonds. The summed E-state index contributed by atoms with van der Waals surface area (Å²) in [5.74, 6) is 1.41. The lowest BCUT2D eigenvalue weighted by atomic mass is 10.1. The van der Waals surface area contributed by atoms with Crippen molar-refractivity contribution in [2.24, 2.45) is 0 Å². The molecule has 0 spiro atoms. The maximum atomic E-state index is 13.2. The SMILES string of the molecule is COc1cc(CC(=O)NCc2ccc(C(=O)N3CCN(Cc4ccc5ccccc5c4)CC3)cc2)cc(OC)c1OC. The van der Waals surface area contributed by atoms with Crippen LogP contribution in [0.15, 0.2) is 78.9 Å². The molecule has 0 unspecified atom stereocenters. The monoisotopic (exact) mass is 567 g/mol. The number of rotatable bonds is 10. The lowest BCUT2D eigenvalue weighted by Crippen LogP contribution is -2.48. The number of methoxy groups -OCH3 is 3. The van der Waals surface area contributed by atoms with Gasteiger partial charge < -0.3 is 24.4 Å². The van der Waals surface area contributed by atoms with Crippen molar-refractivity contribution < 1.29 is 23.8 Å². The van der Waals surface area contributed by atoms with Crippen LogP contribution in [0.2, 0.25) is 0 Å². The van der Waals surface area contributed by atoms with Crippen molar-refractivity contribution in [1.29, 1.82) is 0 Å². The fourth-order valence-corrected chi connectivity index (χ4v) is 5.34. The summed E-state index contributed by atoms with van der Waals surface area (Å²) in [7, 11) is 4.63. The Bertz CT molecular complexity index is 1520. The number of nitrogens with one attached hydrogen (secondary N) is 1. The molecular formula is C34H37N3O5. The molecule has 4 aromatic rings. The van der Waals surface area contributed by atoms with Crippen molar-refractivity contribution in [1.82, 2.24) is 15.1 Å². The molecule has 42 heavy (non-hydrogen) atoms. The standard InChI is InChI=1S/C34H37N3O5/c1-40-30-19-26(20-31(41-2)33(30)42-3)21-32(38)35-22-24-8-12-28(13-9-24)34(39)37-16-14-36(15-17-37)23-25-10-11-27-6-4-5-7-29(27)18-25/h4-13,18-20H,14-17,21-23H2,1-3H3,(H,35,38). The van der Waals surface area contributed by atoms with Crippen LogP contribution >= 0.6 is 0 Å². The Labute approximate surface area is 246 Å². The number of hydrogen-bond donors (Lipinski definition) is 1. The van der Waals surface area contributed by atoms with Gasteiger partial charge in [-0.3, -0.25) is 14.5 Å². The van der Waals surface area contributed by atoms with Crippen molar-refractivity contribution in [3.63, 3.8) is 0 Å². The van der Waals surface area contributed by atoms with Gasteiger partial charge in [-0.05, 0) is 57.8 Å². The van der Waals surface area contributed by atoms with Crippen LogP contribution in [0.25, 0.3) is 10.8 Å². The molecule has 1 aliphatic heterocycles. The van der Waals surface area contributed by atoms with Crippen molar-refractivity contribution in [3.05, 3.63) is 101 Å². The molecule has 0 radical (unpaired) electrons. The van der Waals surface area contributed by atoms with Gasteiger partial charge in [-0.1, -0.05) is 48.5 Å². The number of nitrogens with zero attached hydrogens (tertiary/aromatic N) is 2. The van der Waals surface area contributed by atoms with E-state index in [-0.39, 0.29) is 18.2 Å². The number of amides is 2. The van der Waals surface area contributed by atoms with E-state index in [1.54, 1.807) is 33.5 Å². The van der Waals surface area contributed by atoms with E-state index < -0.39 is 0 Å². The molecule has 1 fully saturated rings. The molecule has 8 nitrogen and oxygen atoms in total. The van der Waals surface area contributed by atoms with E-state index in [2.05, 4.69) is 52.7 Å². The van der Waals surface area contributed by atoms with E-state index in [1.807, 2.05) is 29.2 Å². The zero-order chi connectivity index (χ0) is 29.5. The van der Waals surface area contributed by atoms with Crippen LogP contribution in [-0.2, 0) is 24.3 Å². The molecule has 1 N–H and O–H groups in total. The molecule has 4 aromatic carbocycles. The topological polar surface area (TPSA) is 80.3 Å². The summed E-state index contributed by atoms with van der Waals surface area (Å²) in [6.07, 6.45) is 0.167. The fraction of sp³-hybridized carbons (Fsp3) is 0.294. The first-order valence-corrected chi connectivity index (χ1v) is 14.1. The highest BCUT2D eigenvalue weighted by Gasteiger charge is 2.22. The number of ether oxygens (including phenoxy) is 3. The van der Waals surface area contributed by atoms with Gasteiger partial charge in [0.05, 0.1) is 27.8 Å². The Morgan fingerprint density at radius 1 is 0.714 bits per heavy atom. The second-order valence-electron chi connectivity index (χ2n) is 10.4. The third-order valence-electron chi connectivity index (χ3n) is 7.66. The first-order chi connectivity index (χ1) is 20.5. The average Bonchev–Trinajstić information content (AvgIpc) is 3.03. The van der Waals surface area contributed by atoms with Gasteiger partial charge in [0.15, 0.2) is 11.5 Å². The Balaban J connectivity index is 1.09. The molecule has 0 aliphatic carbocycles. The molecule has 218 valence electrons. The van der Waals surface area contributed by atoms with Crippen molar-refractivity contribution in [2.75, 3.05) is 47.5 Å². The minimum Gasteiger partial charge on any atom is -0.493 e. The van der Waals surface area contributed by atoms with E-state index in [0.29, 0.717) is 42.4 Å². The van der Waals surface area contributed by atoms with Gasteiger partial charge in [-0.25, -0.2) is 0 Å². The highest BCUT2D eigenvalue weighted by molar-refractivity contribution is 5.94. The minimum absolute atomic E-state index is 0.0401. The Hall–Kier alpha value is -4.56. The van der Waals surface area contributed by atoms with Crippen LogP contribution in [0.4, 0.5) is 0 Å². The number of carbonyl (C=O) groups excluding carboxylic acids is 2. The maximum absolute atomic E-state index is 13.2. The van der Waals surface area contributed by atoms with Crippen LogP contribution in [0.5, 0.6) is 17.2 Å². The highest BCUT2D eigenvalue weighted by Crippen LogP contribution is 2.38. The summed E-state index contributed by atoms with van der Waals surface area (Å²) in [6.45, 7) is 4.33. The summed E-state index contributed by atoms with van der Waals surface area (Å²) < 4.78 is 16.1. The van der Waals surface area contributed by atoms with E-state index in [0.717, 1.165) is 30.8 Å². The number of hydrogen-bond acceptors (Lipinski definition) is 6. The smallest absolute Gasteiger partial charge is 0.253 e. The van der Waals surface area contributed by atoms with Crippen LogP contribution < -0.4 is 19.5 Å². The van der Waals surface area contributed by atoms with Crippen LogP contribution in [0.1, 0.15) is 27.0 Å². The van der Waals surface area contributed by atoms with Gasteiger partial charge in [0.25, 0.3) is 5.91 Å². The van der Waals surface area contributed by atoms with Crippen LogP contribution in [0.3, 0.4) is 0 Å². The molecule has 0 saturated carbocycles. The molecule has 1 aliphatic rings. The highest BCUT2D eigenvalue weighted by atomic mass is 16.5. The van der Waals surface area contributed by atoms with Crippen LogP contribution in [-0.4, -0.2) is 69.1 Å². The molecule has 1 heterocycles. The third kappa shape index (κ3) is 6.83. The molecule has 0 atom stereocenters. The number of piperazine rings is 1. The lowest BCUT2D eigenvalue weighted by molar-refractivity contribution is -0.120. The van der Waals surface area contributed by atoms with Gasteiger partial charge in [0.1, 0.15) is 0 Å². The average molecular weight is 568 g/mol. The molecular weight excluding hydrogens is 530 g/mol. The van der Waals surface area contributed by atoms with Gasteiger partial charge in [-0.2, -0.15) is 0 Å². The van der Waals surface area contributed by atoms with Gasteiger partial charge in [0, 0.05) is 44.8 Å². The maximum Gasteiger partial charge on any atom is 0.253 e. The first-order valence-electron chi connectivity index (χ1n) is 14.1. The predicted octanol–water partition coefficient (Wildman–Crippen LogP) is 4.68. The largest absolute Gasteiger partial charge is 0.493 e. The van der Waals surface area contributed by atoms with Gasteiger partial charge >= 0.3 is 0 Å². The van der Waals surface area contributed by atoms with E-state index in [1.165, 1.54) is 16.3 Å². The zero-order valence-electron chi connectivity index (χ0n) is 24.4. The Kier molecular flexibility index (Phi) is 9.24. The zero-order valence-corrected chi connectivity index (χ0v) is 24.4. The second kappa shape index (κ2) is 13.4. The molecule has 5 rings (SSSR count). The van der Waals surface area contributed by atoms with Crippen molar-refractivity contribution >= 4 is 22.6 Å². The minimum atomic E-state index is -0.133. The van der Waals surface area contributed by atoms with Crippen molar-refractivity contribution in [3.8, 4) is 17.2 Å². The van der Waals surface area contributed by atoms with E-state index in [9.17, 15) is 9.59 Å². The summed E-state index contributed by atoms with van der Waals surface area (Å²) in [4.78, 5) is 30.1. The second-order valence-corrected chi connectivity index (χ2v) is 10.4. The molecule has 0 bridgehead atoms. The number of fused-ring (bicyclic) bond motifs is 1. The normalized spacial score (nSPS) is 13.5. The number of benzene rings is 4. The quantitative estimate of drug-likeness (QED) is 0.300. The van der Waals surface area contributed by atoms with E-state index >= 15 is 0 Å². The summed E-state index contributed by atoms with van der Waals surface area (Å²) >= 11 is 0. The Morgan fingerprint density at radius 3 is 2.00 bits per heavy atom. The fourth-order valence-electron chi connectivity index (χ4n) is 5.34. The first kappa shape index (κ1) is 29.0. The summed E-state index contributed by atoms with van der Waals surface area (Å²) in [5.41, 5.74) is 3.62. The third-order valence-corrected chi connectivity index (χ3v) is 7.66. The summed E-state index contributed by atoms with van der Waals surface area (Å²) in [5, 5.41) is 5.45. The number of carbonyl (C=O) groups is 2. The summed E-state index contributed by atoms with van der Waals surface area (Å²) in [6, 6.07) is 26.0. The predicted molar refractivity (Wildman–Crippen MR) is 163 cm³/mol. The Morgan fingerprint density at radius 2 is 1.36 bits per heavy atom. The van der Waals surface area contributed by atoms with Gasteiger partial charge in [0.2, 0.25) is 11.7 Å². The lowest BCUT2D eigenvalue weighted by Gasteiger charge is -2.35.